The van der Waals surface area contributed by atoms with Crippen LogP contribution < -0.4 is 16.0 Å². The van der Waals surface area contributed by atoms with E-state index in [1.165, 1.54) is 11.1 Å². The minimum atomic E-state index is -0.0642. The van der Waals surface area contributed by atoms with Gasteiger partial charge in [0.2, 0.25) is 0 Å². The number of benzene rings is 2. The Hall–Kier alpha value is -2.82. The van der Waals surface area contributed by atoms with Crippen molar-refractivity contribution >= 4 is 11.9 Å². The van der Waals surface area contributed by atoms with Gasteiger partial charge in [0.1, 0.15) is 0 Å². The molecule has 0 spiro atoms. The van der Waals surface area contributed by atoms with Gasteiger partial charge in [-0.15, -0.1) is 0 Å². The van der Waals surface area contributed by atoms with Crippen LogP contribution in [0.5, 0.6) is 0 Å². The molecule has 1 amide bonds. The molecule has 0 saturated carbocycles. The predicted octanol–water partition coefficient (Wildman–Crippen LogP) is 3.04. The second kappa shape index (κ2) is 9.93. The smallest absolute Gasteiger partial charge is 0.251 e. The number of amides is 1. The standard InChI is InChI=1S/C23H32N4O/c1-17-9-11-20(12-10-17)23(2,3)16-27-22(25-5)26-14-13-18-7-6-8-19(15-18)21(28)24-4/h6-12,15H,13-14,16H2,1-5H3,(H,24,28)(H2,25,26,27). The van der Waals surface area contributed by atoms with E-state index in [0.29, 0.717) is 5.56 Å². The largest absolute Gasteiger partial charge is 0.356 e. The SMILES string of the molecule is CN=C(NCCc1cccc(C(=O)NC)c1)NCC(C)(C)c1ccc(C)cc1. The van der Waals surface area contributed by atoms with E-state index in [2.05, 4.69) is 66.0 Å². The molecule has 150 valence electrons. The first kappa shape index (κ1) is 21.5. The van der Waals surface area contributed by atoms with Crippen molar-refractivity contribution in [2.45, 2.75) is 32.6 Å². The Morgan fingerprint density at radius 3 is 2.43 bits per heavy atom. The predicted molar refractivity (Wildman–Crippen MR) is 117 cm³/mol. The molecule has 0 saturated heterocycles. The summed E-state index contributed by atoms with van der Waals surface area (Å²) in [4.78, 5) is 16.1. The lowest BCUT2D eigenvalue weighted by molar-refractivity contribution is 0.0963. The van der Waals surface area contributed by atoms with Crippen LogP contribution >= 0.6 is 0 Å². The Labute approximate surface area is 168 Å². The molecule has 2 rings (SSSR count). The lowest BCUT2D eigenvalue weighted by Crippen LogP contribution is -2.44. The van der Waals surface area contributed by atoms with Gasteiger partial charge in [-0.05, 0) is 36.6 Å². The fourth-order valence-corrected chi connectivity index (χ4v) is 2.97. The summed E-state index contributed by atoms with van der Waals surface area (Å²) in [5.41, 5.74) is 4.36. The Morgan fingerprint density at radius 1 is 1.07 bits per heavy atom. The fourth-order valence-electron chi connectivity index (χ4n) is 2.97. The molecular weight excluding hydrogens is 348 g/mol. The summed E-state index contributed by atoms with van der Waals surface area (Å²) >= 11 is 0. The van der Waals surface area contributed by atoms with Crippen LogP contribution in [0.25, 0.3) is 0 Å². The monoisotopic (exact) mass is 380 g/mol. The summed E-state index contributed by atoms with van der Waals surface area (Å²) in [7, 11) is 3.42. The van der Waals surface area contributed by atoms with Crippen LogP contribution in [0.2, 0.25) is 0 Å². The molecule has 0 radical (unpaired) electrons. The van der Waals surface area contributed by atoms with Gasteiger partial charge in [0.15, 0.2) is 5.96 Å². The Bertz CT molecular complexity index is 810. The molecule has 2 aromatic carbocycles. The van der Waals surface area contributed by atoms with Gasteiger partial charge < -0.3 is 16.0 Å². The van der Waals surface area contributed by atoms with E-state index in [-0.39, 0.29) is 11.3 Å². The van der Waals surface area contributed by atoms with Crippen molar-refractivity contribution in [2.24, 2.45) is 4.99 Å². The molecule has 0 atom stereocenters. The average Bonchev–Trinajstić information content (AvgIpc) is 2.70. The van der Waals surface area contributed by atoms with Crippen LogP contribution in [-0.2, 0) is 11.8 Å². The summed E-state index contributed by atoms with van der Waals surface area (Å²) < 4.78 is 0. The lowest BCUT2D eigenvalue weighted by Gasteiger charge is -2.27. The molecule has 0 aliphatic heterocycles. The molecule has 0 aliphatic rings. The van der Waals surface area contributed by atoms with E-state index in [0.717, 1.165) is 31.0 Å². The molecule has 5 nitrogen and oxygen atoms in total. The van der Waals surface area contributed by atoms with Crippen molar-refractivity contribution in [3.63, 3.8) is 0 Å². The highest BCUT2D eigenvalue weighted by Gasteiger charge is 2.20. The van der Waals surface area contributed by atoms with E-state index >= 15 is 0 Å². The molecule has 0 bridgehead atoms. The number of nitrogens with zero attached hydrogens (tertiary/aromatic N) is 1. The molecule has 0 fully saturated rings. The number of guanidine groups is 1. The number of aryl methyl sites for hydroxylation is 1. The number of rotatable bonds is 7. The number of carbonyl (C=O) groups is 1. The highest BCUT2D eigenvalue weighted by atomic mass is 16.1. The second-order valence-corrected chi connectivity index (χ2v) is 7.63. The number of nitrogens with one attached hydrogen (secondary N) is 3. The highest BCUT2D eigenvalue weighted by molar-refractivity contribution is 5.94. The van der Waals surface area contributed by atoms with Crippen molar-refractivity contribution < 1.29 is 4.79 Å². The van der Waals surface area contributed by atoms with Crippen molar-refractivity contribution in [3.8, 4) is 0 Å². The molecular formula is C23H32N4O. The van der Waals surface area contributed by atoms with Gasteiger partial charge in [-0.2, -0.15) is 0 Å². The van der Waals surface area contributed by atoms with Gasteiger partial charge in [-0.1, -0.05) is 55.8 Å². The van der Waals surface area contributed by atoms with E-state index < -0.39 is 0 Å². The molecule has 5 heteroatoms. The third-order valence-corrected chi connectivity index (χ3v) is 4.88. The minimum absolute atomic E-state index is 0.00678. The van der Waals surface area contributed by atoms with E-state index in [1.54, 1.807) is 14.1 Å². The number of hydrogen-bond acceptors (Lipinski definition) is 2. The third-order valence-electron chi connectivity index (χ3n) is 4.88. The van der Waals surface area contributed by atoms with Crippen LogP contribution in [0.3, 0.4) is 0 Å². The fraction of sp³-hybridized carbons (Fsp3) is 0.391. The van der Waals surface area contributed by atoms with Gasteiger partial charge in [0.25, 0.3) is 5.91 Å². The van der Waals surface area contributed by atoms with Gasteiger partial charge in [-0.25, -0.2) is 0 Å². The van der Waals surface area contributed by atoms with Crippen LogP contribution in [0.4, 0.5) is 0 Å². The first-order chi connectivity index (χ1) is 13.4. The average molecular weight is 381 g/mol. The molecule has 0 aliphatic carbocycles. The highest BCUT2D eigenvalue weighted by Crippen LogP contribution is 2.22. The maximum atomic E-state index is 11.8. The summed E-state index contributed by atoms with van der Waals surface area (Å²) in [6.45, 7) is 8.07. The van der Waals surface area contributed by atoms with Crippen LogP contribution in [0.15, 0.2) is 53.5 Å². The summed E-state index contributed by atoms with van der Waals surface area (Å²) in [6, 6.07) is 16.4. The molecule has 0 unspecified atom stereocenters. The Morgan fingerprint density at radius 2 is 1.79 bits per heavy atom. The van der Waals surface area contributed by atoms with Crippen LogP contribution in [0, 0.1) is 6.92 Å². The van der Waals surface area contributed by atoms with Gasteiger partial charge in [-0.3, -0.25) is 9.79 Å². The second-order valence-electron chi connectivity index (χ2n) is 7.63. The zero-order chi connectivity index (χ0) is 20.6. The van der Waals surface area contributed by atoms with Crippen molar-refractivity contribution in [1.82, 2.24) is 16.0 Å². The van der Waals surface area contributed by atoms with Crippen molar-refractivity contribution in [3.05, 3.63) is 70.8 Å². The van der Waals surface area contributed by atoms with Crippen molar-refractivity contribution in [1.29, 1.82) is 0 Å². The zero-order valence-corrected chi connectivity index (χ0v) is 17.6. The third kappa shape index (κ3) is 6.12. The molecule has 0 aromatic heterocycles. The first-order valence-corrected chi connectivity index (χ1v) is 9.68. The van der Waals surface area contributed by atoms with Crippen molar-refractivity contribution in [2.75, 3.05) is 27.2 Å². The summed E-state index contributed by atoms with van der Waals surface area (Å²) in [6.07, 6.45) is 0.812. The molecule has 2 aromatic rings. The molecule has 0 heterocycles. The maximum absolute atomic E-state index is 11.8. The number of aliphatic imine (C=N–C) groups is 1. The Balaban J connectivity index is 1.86. The lowest BCUT2D eigenvalue weighted by atomic mass is 9.84. The zero-order valence-electron chi connectivity index (χ0n) is 17.6. The minimum Gasteiger partial charge on any atom is -0.356 e. The number of carbonyl (C=O) groups excluding carboxylic acids is 1. The summed E-state index contributed by atoms with van der Waals surface area (Å²) in [5, 5.41) is 9.43. The van der Waals surface area contributed by atoms with Gasteiger partial charge >= 0.3 is 0 Å². The first-order valence-electron chi connectivity index (χ1n) is 9.68. The maximum Gasteiger partial charge on any atom is 0.251 e. The van der Waals surface area contributed by atoms with E-state index in [9.17, 15) is 4.79 Å². The molecule has 3 N–H and O–H groups in total. The normalized spacial score (nSPS) is 11.8. The Kier molecular flexibility index (Phi) is 7.61. The number of hydrogen-bond donors (Lipinski definition) is 3. The summed E-state index contributed by atoms with van der Waals surface area (Å²) in [5.74, 6) is 0.716. The van der Waals surface area contributed by atoms with Crippen LogP contribution in [-0.4, -0.2) is 39.1 Å². The van der Waals surface area contributed by atoms with E-state index in [1.807, 2.05) is 24.3 Å². The molecule has 28 heavy (non-hydrogen) atoms. The quantitative estimate of drug-likeness (QED) is 0.511. The van der Waals surface area contributed by atoms with Gasteiger partial charge in [0.05, 0.1) is 0 Å². The van der Waals surface area contributed by atoms with Crippen LogP contribution in [0.1, 0.15) is 40.9 Å². The topological polar surface area (TPSA) is 65.5 Å². The van der Waals surface area contributed by atoms with Gasteiger partial charge in [0, 0.05) is 38.2 Å². The van der Waals surface area contributed by atoms with E-state index in [4.69, 9.17) is 0 Å².